The van der Waals surface area contributed by atoms with Crippen LogP contribution in [0.15, 0.2) is 65.6 Å². The molecule has 3 rings (SSSR count). The number of anilines is 1. The number of hydrogen-bond donors (Lipinski definition) is 1. The number of sulfonamides is 1. The SMILES string of the molecule is CNC(=O)[C@@H](C)N(Cc1ccc(Cl)c(Cl)c1)C(=O)CN(c1ccc(OC)cc1)S(=O)(=O)c1ccc(C)c([N+](=O)[O-])c1. The van der Waals surface area contributed by atoms with Gasteiger partial charge < -0.3 is 15.0 Å². The van der Waals surface area contributed by atoms with Crippen molar-refractivity contribution in [2.75, 3.05) is 25.0 Å². The summed E-state index contributed by atoms with van der Waals surface area (Å²) in [7, 11) is -1.65. The van der Waals surface area contributed by atoms with Gasteiger partial charge in [-0.2, -0.15) is 0 Å². The first kappa shape index (κ1) is 31.7. The minimum Gasteiger partial charge on any atom is -0.497 e. The third-order valence-electron chi connectivity index (χ3n) is 6.36. The highest BCUT2D eigenvalue weighted by atomic mass is 35.5. The van der Waals surface area contributed by atoms with Crippen molar-refractivity contribution in [2.24, 2.45) is 0 Å². The first-order valence-corrected chi connectivity index (χ1v) is 14.4. The molecular formula is C27H28Cl2N4O7S. The van der Waals surface area contributed by atoms with Crippen LogP contribution in [0.1, 0.15) is 18.1 Å². The fraction of sp³-hybridized carbons (Fsp3) is 0.259. The van der Waals surface area contributed by atoms with E-state index in [1.165, 1.54) is 69.3 Å². The average molecular weight is 624 g/mol. The predicted molar refractivity (Wildman–Crippen MR) is 156 cm³/mol. The lowest BCUT2D eigenvalue weighted by Gasteiger charge is -2.31. The summed E-state index contributed by atoms with van der Waals surface area (Å²) in [5.74, 6) is -0.752. The van der Waals surface area contributed by atoms with Crippen molar-refractivity contribution in [2.45, 2.75) is 31.3 Å². The Balaban J connectivity index is 2.10. The summed E-state index contributed by atoms with van der Waals surface area (Å²) in [4.78, 5) is 38.1. The second kappa shape index (κ2) is 13.2. The maximum Gasteiger partial charge on any atom is 0.273 e. The van der Waals surface area contributed by atoms with Gasteiger partial charge in [0, 0.05) is 25.2 Å². The van der Waals surface area contributed by atoms with Crippen LogP contribution < -0.4 is 14.4 Å². The molecule has 41 heavy (non-hydrogen) atoms. The number of hydrogen-bond acceptors (Lipinski definition) is 7. The molecule has 0 aliphatic heterocycles. The Morgan fingerprint density at radius 1 is 1.05 bits per heavy atom. The number of rotatable bonds is 11. The van der Waals surface area contributed by atoms with Crippen LogP contribution in [-0.2, 0) is 26.2 Å². The number of nitrogens with zero attached hydrogens (tertiary/aromatic N) is 3. The van der Waals surface area contributed by atoms with Crippen molar-refractivity contribution >= 4 is 56.4 Å². The van der Waals surface area contributed by atoms with E-state index in [1.807, 2.05) is 0 Å². The number of carbonyl (C=O) groups is 2. The highest BCUT2D eigenvalue weighted by Crippen LogP contribution is 2.30. The summed E-state index contributed by atoms with van der Waals surface area (Å²) in [6.07, 6.45) is 0. The van der Waals surface area contributed by atoms with Crippen molar-refractivity contribution in [3.05, 3.63) is 92.0 Å². The van der Waals surface area contributed by atoms with Crippen LogP contribution in [0, 0.1) is 17.0 Å². The zero-order valence-electron chi connectivity index (χ0n) is 22.6. The minimum atomic E-state index is -4.51. The molecule has 3 aromatic rings. The second-order valence-electron chi connectivity index (χ2n) is 8.98. The van der Waals surface area contributed by atoms with Gasteiger partial charge in [0.25, 0.3) is 15.7 Å². The maximum atomic E-state index is 13.9. The quantitative estimate of drug-likeness (QED) is 0.244. The van der Waals surface area contributed by atoms with E-state index < -0.39 is 39.3 Å². The van der Waals surface area contributed by atoms with Crippen molar-refractivity contribution in [3.63, 3.8) is 0 Å². The van der Waals surface area contributed by atoms with Gasteiger partial charge in [-0.15, -0.1) is 0 Å². The van der Waals surface area contributed by atoms with Crippen molar-refractivity contribution in [1.82, 2.24) is 10.2 Å². The van der Waals surface area contributed by atoms with Gasteiger partial charge in [-0.3, -0.25) is 24.0 Å². The van der Waals surface area contributed by atoms with Crippen molar-refractivity contribution in [3.8, 4) is 5.75 Å². The van der Waals surface area contributed by atoms with E-state index in [0.717, 1.165) is 10.4 Å². The Labute approximate surface area is 247 Å². The first-order valence-electron chi connectivity index (χ1n) is 12.2. The van der Waals surface area contributed by atoms with Gasteiger partial charge in [0.1, 0.15) is 18.3 Å². The Morgan fingerprint density at radius 3 is 2.27 bits per heavy atom. The highest BCUT2D eigenvalue weighted by Gasteiger charge is 2.33. The van der Waals surface area contributed by atoms with Crippen LogP contribution in [0.4, 0.5) is 11.4 Å². The molecule has 0 saturated carbocycles. The van der Waals surface area contributed by atoms with Crippen molar-refractivity contribution in [1.29, 1.82) is 0 Å². The molecule has 1 N–H and O–H groups in total. The molecule has 2 amide bonds. The molecule has 0 fully saturated rings. The number of amides is 2. The average Bonchev–Trinajstić information content (AvgIpc) is 2.95. The van der Waals surface area contributed by atoms with Gasteiger partial charge in [0.2, 0.25) is 11.8 Å². The van der Waals surface area contributed by atoms with E-state index in [9.17, 15) is 28.1 Å². The topological polar surface area (TPSA) is 139 Å². The van der Waals surface area contributed by atoms with Gasteiger partial charge in [0.05, 0.1) is 32.7 Å². The maximum absolute atomic E-state index is 13.9. The van der Waals surface area contributed by atoms with E-state index in [-0.39, 0.29) is 33.4 Å². The van der Waals surface area contributed by atoms with E-state index in [4.69, 9.17) is 27.9 Å². The molecule has 0 saturated heterocycles. The normalized spacial score (nSPS) is 11.9. The predicted octanol–water partition coefficient (Wildman–Crippen LogP) is 4.58. The van der Waals surface area contributed by atoms with Gasteiger partial charge in [0.15, 0.2) is 0 Å². The minimum absolute atomic E-state index is 0.0865. The van der Waals surface area contributed by atoms with E-state index in [2.05, 4.69) is 5.32 Å². The van der Waals surface area contributed by atoms with Crippen LogP contribution in [0.2, 0.25) is 10.0 Å². The number of likely N-dealkylation sites (N-methyl/N-ethyl adjacent to an activating group) is 1. The number of carbonyl (C=O) groups excluding carboxylic acids is 2. The van der Waals surface area contributed by atoms with E-state index in [1.54, 1.807) is 18.2 Å². The first-order chi connectivity index (χ1) is 19.3. The molecule has 0 spiro atoms. The standard InChI is InChI=1S/C27H28Cl2N4O7S/c1-17-5-11-22(14-25(17)33(36)37)41(38,39)32(20-7-9-21(40-4)10-8-20)16-26(34)31(18(2)27(35)30-3)15-19-6-12-23(28)24(29)13-19/h5-14,18H,15-16H2,1-4H3,(H,30,35)/t18-/m1/s1. The third kappa shape index (κ3) is 7.26. The molecule has 3 aromatic carbocycles. The fourth-order valence-electron chi connectivity index (χ4n) is 3.98. The zero-order valence-corrected chi connectivity index (χ0v) is 25.0. The molecule has 14 heteroatoms. The van der Waals surface area contributed by atoms with Gasteiger partial charge in [-0.1, -0.05) is 35.3 Å². The van der Waals surface area contributed by atoms with E-state index >= 15 is 0 Å². The number of nitro benzene ring substituents is 1. The number of ether oxygens (including phenoxy) is 1. The molecule has 0 aliphatic carbocycles. The number of halogens is 2. The number of nitrogens with one attached hydrogen (secondary N) is 1. The van der Waals surface area contributed by atoms with Crippen molar-refractivity contribution < 1.29 is 27.7 Å². The molecule has 0 radical (unpaired) electrons. The summed E-state index contributed by atoms with van der Waals surface area (Å²) < 4.78 is 33.8. The Hall–Kier alpha value is -3.87. The van der Waals surface area contributed by atoms with E-state index in [0.29, 0.717) is 16.3 Å². The molecule has 0 bridgehead atoms. The highest BCUT2D eigenvalue weighted by molar-refractivity contribution is 7.92. The van der Waals surface area contributed by atoms with Crippen LogP contribution >= 0.6 is 23.2 Å². The van der Waals surface area contributed by atoms with Crippen LogP contribution in [0.3, 0.4) is 0 Å². The summed E-state index contributed by atoms with van der Waals surface area (Å²) in [5, 5.41) is 14.6. The smallest absolute Gasteiger partial charge is 0.273 e. The summed E-state index contributed by atoms with van der Waals surface area (Å²) in [6.45, 7) is 2.18. The third-order valence-corrected chi connectivity index (χ3v) is 8.86. The second-order valence-corrected chi connectivity index (χ2v) is 11.7. The fourth-order valence-corrected chi connectivity index (χ4v) is 5.73. The Bertz CT molecular complexity index is 1570. The lowest BCUT2D eigenvalue weighted by atomic mass is 10.1. The molecule has 0 unspecified atom stereocenters. The number of aryl methyl sites for hydroxylation is 1. The summed E-state index contributed by atoms with van der Waals surface area (Å²) in [6, 6.07) is 13.2. The molecular weight excluding hydrogens is 595 g/mol. The molecule has 0 aromatic heterocycles. The van der Waals surface area contributed by atoms with Crippen LogP contribution in [-0.4, -0.2) is 56.8 Å². The molecule has 0 aliphatic rings. The Kier molecular flexibility index (Phi) is 10.2. The van der Waals surface area contributed by atoms with Gasteiger partial charge in [-0.05, 0) is 61.9 Å². The number of benzene rings is 3. The molecule has 11 nitrogen and oxygen atoms in total. The molecule has 218 valence electrons. The largest absolute Gasteiger partial charge is 0.497 e. The lowest BCUT2D eigenvalue weighted by Crippen LogP contribution is -2.50. The lowest BCUT2D eigenvalue weighted by molar-refractivity contribution is -0.385. The summed E-state index contributed by atoms with van der Waals surface area (Å²) in [5.41, 5.74) is 0.538. The van der Waals surface area contributed by atoms with Gasteiger partial charge >= 0.3 is 0 Å². The summed E-state index contributed by atoms with van der Waals surface area (Å²) >= 11 is 12.2. The van der Waals surface area contributed by atoms with Crippen LogP contribution in [0.25, 0.3) is 0 Å². The molecule has 1 atom stereocenters. The zero-order chi connectivity index (χ0) is 30.5. The number of nitro groups is 1. The van der Waals surface area contributed by atoms with Gasteiger partial charge in [-0.25, -0.2) is 8.42 Å². The molecule has 0 heterocycles. The van der Waals surface area contributed by atoms with Crippen LogP contribution in [0.5, 0.6) is 5.75 Å². The monoisotopic (exact) mass is 622 g/mol. The number of methoxy groups -OCH3 is 1. The Morgan fingerprint density at radius 2 is 1.71 bits per heavy atom.